The van der Waals surface area contributed by atoms with Gasteiger partial charge in [-0.25, -0.2) is 9.59 Å². The highest BCUT2D eigenvalue weighted by Gasteiger charge is 2.38. The largest absolute Gasteiger partial charge is 0.444 e. The van der Waals surface area contributed by atoms with Crippen LogP contribution in [-0.4, -0.2) is 60.4 Å². The number of carbonyl (C=O) groups excluding carboxylic acids is 4. The number of nitrogens with one attached hydrogen (secondary N) is 4. The van der Waals surface area contributed by atoms with Crippen molar-refractivity contribution in [3.05, 3.63) is 24.3 Å². The fourth-order valence-corrected chi connectivity index (χ4v) is 3.49. The minimum Gasteiger partial charge on any atom is -0.444 e. The summed E-state index contributed by atoms with van der Waals surface area (Å²) in [6.07, 6.45) is 13.7. The lowest BCUT2D eigenvalue weighted by Crippen LogP contribution is -2.33. The summed E-state index contributed by atoms with van der Waals surface area (Å²) in [6, 6.07) is -0.0631. The van der Waals surface area contributed by atoms with E-state index in [0.717, 1.165) is 57.8 Å². The molecule has 0 bridgehead atoms. The highest BCUT2D eigenvalue weighted by molar-refractivity contribution is 5.89. The van der Waals surface area contributed by atoms with Gasteiger partial charge in [-0.3, -0.25) is 9.59 Å². The Hall–Kier alpha value is -3.04. The molecule has 4 N–H and O–H groups in total. The van der Waals surface area contributed by atoms with Crippen molar-refractivity contribution < 1.29 is 28.7 Å². The zero-order valence-corrected chi connectivity index (χ0v) is 24.7. The molecule has 1 rings (SSSR count). The Morgan fingerprint density at radius 1 is 0.641 bits per heavy atom. The molecule has 0 saturated heterocycles. The number of hydrogen-bond acceptors (Lipinski definition) is 6. The number of ether oxygens (including phenoxy) is 2. The molecule has 2 atom stereocenters. The van der Waals surface area contributed by atoms with Gasteiger partial charge in [0.1, 0.15) is 11.2 Å². The minimum absolute atomic E-state index is 0.0316. The molecule has 4 amide bonds. The standard InChI is InChI=1S/C29H50N4O6/c1-28(2,3)38-26(36)30-19-15-11-7-9-13-17-24(34)32-22-21-23(22)33-25(35)18-14-10-8-12-16-20-31-27(37)39-29(4,5)6/h13-14,17-18,22-23H,7-12,15-16,19-21H2,1-6H3,(H,30,36)(H,31,37)(H,32,34)(H,33,35)/t22-,23-/m1/s1. The van der Waals surface area contributed by atoms with Crippen molar-refractivity contribution in [2.75, 3.05) is 13.1 Å². The van der Waals surface area contributed by atoms with Crippen LogP contribution in [0.1, 0.15) is 99.3 Å². The second kappa shape index (κ2) is 17.5. The molecule has 0 radical (unpaired) electrons. The van der Waals surface area contributed by atoms with Crippen molar-refractivity contribution in [2.45, 2.75) is 123 Å². The van der Waals surface area contributed by atoms with Gasteiger partial charge in [0.25, 0.3) is 0 Å². The summed E-state index contributed by atoms with van der Waals surface area (Å²) >= 11 is 0. The smallest absolute Gasteiger partial charge is 0.407 e. The summed E-state index contributed by atoms with van der Waals surface area (Å²) in [5.74, 6) is -0.305. The van der Waals surface area contributed by atoms with Crippen LogP contribution in [0.2, 0.25) is 0 Å². The number of hydrogen-bond donors (Lipinski definition) is 4. The number of unbranched alkanes of at least 4 members (excludes halogenated alkanes) is 6. The molecule has 1 aliphatic carbocycles. The molecule has 0 aromatic heterocycles. The van der Waals surface area contributed by atoms with Gasteiger partial charge in [0, 0.05) is 13.1 Å². The molecule has 39 heavy (non-hydrogen) atoms. The molecular weight excluding hydrogens is 500 g/mol. The van der Waals surface area contributed by atoms with Crippen LogP contribution in [0, 0.1) is 0 Å². The molecule has 0 spiro atoms. The highest BCUT2D eigenvalue weighted by atomic mass is 16.6. The van der Waals surface area contributed by atoms with Gasteiger partial charge in [0.05, 0.1) is 12.1 Å². The van der Waals surface area contributed by atoms with Gasteiger partial charge in [-0.05, 0) is 98.6 Å². The van der Waals surface area contributed by atoms with E-state index in [0.29, 0.717) is 13.1 Å². The SMILES string of the molecule is CC(C)(C)OC(=O)NCCCCCC=CC(=O)N[C@@H]1C[C@H]1NC(=O)C=CCCCCCNC(=O)OC(C)(C)C. The molecule has 0 aromatic carbocycles. The van der Waals surface area contributed by atoms with Gasteiger partial charge in [-0.15, -0.1) is 0 Å². The minimum atomic E-state index is -0.495. The number of allylic oxidation sites excluding steroid dienone is 2. The van der Waals surface area contributed by atoms with Crippen molar-refractivity contribution >= 4 is 24.0 Å². The molecule has 1 saturated carbocycles. The van der Waals surface area contributed by atoms with Crippen LogP contribution in [0.25, 0.3) is 0 Å². The molecular formula is C29H50N4O6. The van der Waals surface area contributed by atoms with Crippen LogP contribution in [0.4, 0.5) is 9.59 Å². The first kappa shape index (κ1) is 34.0. The first-order valence-electron chi connectivity index (χ1n) is 14.1. The maximum absolute atomic E-state index is 12.1. The van der Waals surface area contributed by atoms with Crippen LogP contribution in [0.5, 0.6) is 0 Å². The van der Waals surface area contributed by atoms with Gasteiger partial charge in [-0.1, -0.05) is 25.0 Å². The van der Waals surface area contributed by atoms with Crippen molar-refractivity contribution in [3.8, 4) is 0 Å². The molecule has 0 aliphatic heterocycles. The summed E-state index contributed by atoms with van der Waals surface area (Å²) in [5.41, 5.74) is -0.990. The lowest BCUT2D eigenvalue weighted by Gasteiger charge is -2.19. The van der Waals surface area contributed by atoms with Crippen molar-refractivity contribution in [2.24, 2.45) is 0 Å². The lowest BCUT2D eigenvalue weighted by molar-refractivity contribution is -0.118. The van der Waals surface area contributed by atoms with Crippen molar-refractivity contribution in [1.29, 1.82) is 0 Å². The van der Waals surface area contributed by atoms with Crippen molar-refractivity contribution in [3.63, 3.8) is 0 Å². The third-order valence-corrected chi connectivity index (χ3v) is 5.42. The number of carbonyl (C=O) groups is 4. The van der Waals surface area contributed by atoms with E-state index in [1.807, 2.05) is 53.7 Å². The Balaban J connectivity index is 2.01. The van der Waals surface area contributed by atoms with E-state index in [2.05, 4.69) is 21.3 Å². The van der Waals surface area contributed by atoms with E-state index in [1.165, 1.54) is 0 Å². The first-order valence-corrected chi connectivity index (χ1v) is 14.1. The molecule has 222 valence electrons. The molecule has 1 aliphatic rings. The Morgan fingerprint density at radius 2 is 1.03 bits per heavy atom. The Labute approximate surface area is 234 Å². The zero-order chi connectivity index (χ0) is 29.3. The second-order valence-corrected chi connectivity index (χ2v) is 11.8. The normalized spacial score (nSPS) is 17.1. The van der Waals surface area contributed by atoms with Crippen LogP contribution < -0.4 is 21.3 Å². The summed E-state index contributed by atoms with van der Waals surface area (Å²) in [4.78, 5) is 47.2. The quantitative estimate of drug-likeness (QED) is 0.163. The van der Waals surface area contributed by atoms with E-state index in [4.69, 9.17) is 9.47 Å². The lowest BCUT2D eigenvalue weighted by atomic mass is 10.2. The second-order valence-electron chi connectivity index (χ2n) is 11.8. The fraction of sp³-hybridized carbons (Fsp3) is 0.724. The summed E-state index contributed by atoms with van der Waals surface area (Å²) < 4.78 is 10.4. The molecule has 0 unspecified atom stereocenters. The number of rotatable bonds is 16. The summed E-state index contributed by atoms with van der Waals surface area (Å²) in [5, 5.41) is 11.3. The van der Waals surface area contributed by atoms with E-state index in [9.17, 15) is 19.2 Å². The third kappa shape index (κ3) is 20.6. The molecule has 1 fully saturated rings. The van der Waals surface area contributed by atoms with Crippen molar-refractivity contribution in [1.82, 2.24) is 21.3 Å². The van der Waals surface area contributed by atoms with Crippen LogP contribution in [-0.2, 0) is 19.1 Å². The maximum atomic E-state index is 12.1. The van der Waals surface area contributed by atoms with Gasteiger partial charge in [-0.2, -0.15) is 0 Å². The number of alkyl carbamates (subject to hydrolysis) is 2. The summed E-state index contributed by atoms with van der Waals surface area (Å²) in [6.45, 7) is 12.1. The molecule has 10 heteroatoms. The molecule has 0 aromatic rings. The van der Waals surface area contributed by atoms with Crippen LogP contribution in [0.15, 0.2) is 24.3 Å². The van der Waals surface area contributed by atoms with Gasteiger partial charge < -0.3 is 30.7 Å². The fourth-order valence-electron chi connectivity index (χ4n) is 3.49. The van der Waals surface area contributed by atoms with E-state index >= 15 is 0 Å². The third-order valence-electron chi connectivity index (χ3n) is 5.42. The Morgan fingerprint density at radius 3 is 1.38 bits per heavy atom. The van der Waals surface area contributed by atoms with E-state index in [-0.39, 0.29) is 23.9 Å². The van der Waals surface area contributed by atoms with Gasteiger partial charge >= 0.3 is 12.2 Å². The Bertz CT molecular complexity index is 774. The van der Waals surface area contributed by atoms with E-state index < -0.39 is 23.4 Å². The highest BCUT2D eigenvalue weighted by Crippen LogP contribution is 2.21. The van der Waals surface area contributed by atoms with Gasteiger partial charge in [0.15, 0.2) is 0 Å². The predicted octanol–water partition coefficient (Wildman–Crippen LogP) is 4.64. The zero-order valence-electron chi connectivity index (χ0n) is 24.7. The van der Waals surface area contributed by atoms with E-state index in [1.54, 1.807) is 12.2 Å². The molecule has 10 nitrogen and oxygen atoms in total. The van der Waals surface area contributed by atoms with Crippen LogP contribution in [0.3, 0.4) is 0 Å². The predicted molar refractivity (Wildman–Crippen MR) is 152 cm³/mol. The average molecular weight is 551 g/mol. The van der Waals surface area contributed by atoms with Gasteiger partial charge in [0.2, 0.25) is 11.8 Å². The maximum Gasteiger partial charge on any atom is 0.407 e. The Kier molecular flexibility index (Phi) is 15.3. The first-order chi connectivity index (χ1) is 18.2. The topological polar surface area (TPSA) is 135 Å². The monoisotopic (exact) mass is 550 g/mol. The number of amides is 4. The van der Waals surface area contributed by atoms with Crippen LogP contribution >= 0.6 is 0 Å². The molecule has 0 heterocycles. The summed E-state index contributed by atoms with van der Waals surface area (Å²) in [7, 11) is 0. The average Bonchev–Trinajstić information content (AvgIpc) is 3.51.